The summed E-state index contributed by atoms with van der Waals surface area (Å²) in [5.74, 6) is 1.90. The van der Waals surface area contributed by atoms with Crippen molar-refractivity contribution in [1.82, 2.24) is 15.1 Å². The topological polar surface area (TPSA) is 75.0 Å². The van der Waals surface area contributed by atoms with E-state index in [1.807, 2.05) is 11.8 Å². The van der Waals surface area contributed by atoms with Crippen molar-refractivity contribution >= 4 is 11.7 Å². The molecule has 5 heteroatoms. The number of nitrogens with two attached hydrogens (primary N) is 1. The van der Waals surface area contributed by atoms with Gasteiger partial charge in [0.15, 0.2) is 5.82 Å². The normalized spacial score (nSPS) is 27.1. The molecule has 1 saturated heterocycles. The Morgan fingerprint density at radius 1 is 1.32 bits per heavy atom. The van der Waals surface area contributed by atoms with E-state index < -0.39 is 0 Å². The Hall–Kier alpha value is -1.52. The van der Waals surface area contributed by atoms with E-state index in [-0.39, 0.29) is 5.91 Å². The van der Waals surface area contributed by atoms with Crippen molar-refractivity contribution in [2.75, 3.05) is 18.8 Å². The van der Waals surface area contributed by atoms with Crippen LogP contribution in [-0.2, 0) is 0 Å². The molecule has 3 rings (SSSR count). The highest BCUT2D eigenvalue weighted by Crippen LogP contribution is 2.36. The van der Waals surface area contributed by atoms with Gasteiger partial charge >= 0.3 is 0 Å². The summed E-state index contributed by atoms with van der Waals surface area (Å²) in [6.07, 6.45) is 6.44. The van der Waals surface area contributed by atoms with E-state index in [2.05, 4.69) is 10.2 Å². The molecule has 104 valence electrons. The second-order valence-electron chi connectivity index (χ2n) is 5.95. The summed E-state index contributed by atoms with van der Waals surface area (Å²) in [5, 5.41) is 6.71. The summed E-state index contributed by atoms with van der Waals surface area (Å²) in [6, 6.07) is 0. The van der Waals surface area contributed by atoms with Crippen molar-refractivity contribution in [2.24, 2.45) is 11.8 Å². The second-order valence-corrected chi connectivity index (χ2v) is 5.95. The number of rotatable bonds is 1. The van der Waals surface area contributed by atoms with Crippen molar-refractivity contribution in [3.8, 4) is 0 Å². The minimum atomic E-state index is 0.0489. The van der Waals surface area contributed by atoms with E-state index in [4.69, 9.17) is 5.73 Å². The lowest BCUT2D eigenvalue weighted by Gasteiger charge is -2.41. The fourth-order valence-electron chi connectivity index (χ4n) is 3.66. The van der Waals surface area contributed by atoms with E-state index >= 15 is 0 Å². The van der Waals surface area contributed by atoms with Crippen molar-refractivity contribution in [3.63, 3.8) is 0 Å². The summed E-state index contributed by atoms with van der Waals surface area (Å²) >= 11 is 0. The van der Waals surface area contributed by atoms with Crippen LogP contribution in [0, 0.1) is 18.8 Å². The maximum absolute atomic E-state index is 12.6. The number of aryl methyl sites for hydroxylation is 1. The highest BCUT2D eigenvalue weighted by atomic mass is 16.2. The molecule has 2 heterocycles. The number of carbonyl (C=O) groups is 1. The number of fused-ring (bicyclic) bond motifs is 1. The van der Waals surface area contributed by atoms with Gasteiger partial charge < -0.3 is 10.6 Å². The van der Waals surface area contributed by atoms with Crippen LogP contribution in [0.3, 0.4) is 0 Å². The van der Waals surface area contributed by atoms with Gasteiger partial charge in [-0.05, 0) is 31.6 Å². The third kappa shape index (κ3) is 2.22. The summed E-state index contributed by atoms with van der Waals surface area (Å²) in [6.45, 7) is 3.61. The molecule has 19 heavy (non-hydrogen) atoms. The number of nitrogens with zero attached hydrogens (tertiary/aromatic N) is 2. The number of carbonyl (C=O) groups excluding carboxylic acids is 1. The van der Waals surface area contributed by atoms with Crippen LogP contribution in [0.25, 0.3) is 0 Å². The summed E-state index contributed by atoms with van der Waals surface area (Å²) < 4.78 is 0. The number of hydrogen-bond acceptors (Lipinski definition) is 3. The summed E-state index contributed by atoms with van der Waals surface area (Å²) in [5.41, 5.74) is 7.13. The fraction of sp³-hybridized carbons (Fsp3) is 0.714. The molecule has 0 bridgehead atoms. The number of aromatic amines is 1. The van der Waals surface area contributed by atoms with Crippen LogP contribution in [0.15, 0.2) is 0 Å². The molecule has 0 aromatic carbocycles. The average Bonchev–Trinajstić information content (AvgIpc) is 2.77. The predicted molar refractivity (Wildman–Crippen MR) is 73.7 cm³/mol. The van der Waals surface area contributed by atoms with Gasteiger partial charge in [0.05, 0.1) is 0 Å². The van der Waals surface area contributed by atoms with Crippen LogP contribution in [0.4, 0.5) is 5.82 Å². The van der Waals surface area contributed by atoms with Gasteiger partial charge in [-0.15, -0.1) is 0 Å². The molecular weight excluding hydrogens is 240 g/mol. The third-order valence-corrected chi connectivity index (χ3v) is 4.77. The first kappa shape index (κ1) is 12.5. The lowest BCUT2D eigenvalue weighted by Crippen LogP contribution is -2.45. The van der Waals surface area contributed by atoms with Crippen LogP contribution in [0.2, 0.25) is 0 Å². The molecule has 1 aromatic heterocycles. The Morgan fingerprint density at radius 2 is 2.05 bits per heavy atom. The first-order valence-electron chi connectivity index (χ1n) is 7.26. The second kappa shape index (κ2) is 4.87. The Morgan fingerprint density at radius 3 is 2.74 bits per heavy atom. The van der Waals surface area contributed by atoms with Gasteiger partial charge in [-0.1, -0.05) is 19.3 Å². The molecule has 1 saturated carbocycles. The largest absolute Gasteiger partial charge is 0.382 e. The van der Waals surface area contributed by atoms with E-state index in [1.54, 1.807) is 0 Å². The zero-order valence-electron chi connectivity index (χ0n) is 11.5. The SMILES string of the molecule is Cc1[nH]nc(N)c1C(=O)N1CCC2CCCCC2C1. The smallest absolute Gasteiger partial charge is 0.259 e. The van der Waals surface area contributed by atoms with Gasteiger partial charge in [-0.25, -0.2) is 0 Å². The highest BCUT2D eigenvalue weighted by molar-refractivity contribution is 5.99. The molecule has 1 aromatic rings. The minimum absolute atomic E-state index is 0.0489. The standard InChI is InChI=1S/C14H22N4O/c1-9-12(13(15)17-16-9)14(19)18-7-6-10-4-2-3-5-11(10)8-18/h10-11H,2-8H2,1H3,(H3,15,16,17). The molecule has 3 N–H and O–H groups in total. The molecule has 2 atom stereocenters. The van der Waals surface area contributed by atoms with Crippen LogP contribution >= 0.6 is 0 Å². The van der Waals surface area contributed by atoms with Crippen molar-refractivity contribution < 1.29 is 4.79 Å². The predicted octanol–water partition coefficient (Wildman–Crippen LogP) is 1.95. The van der Waals surface area contributed by atoms with E-state index in [0.717, 1.165) is 31.1 Å². The van der Waals surface area contributed by atoms with Crippen molar-refractivity contribution in [1.29, 1.82) is 0 Å². The zero-order chi connectivity index (χ0) is 13.4. The maximum atomic E-state index is 12.6. The number of aromatic nitrogens is 2. The lowest BCUT2D eigenvalue weighted by atomic mass is 9.75. The Kier molecular flexibility index (Phi) is 3.21. The van der Waals surface area contributed by atoms with Gasteiger partial charge in [0.25, 0.3) is 5.91 Å². The number of amides is 1. The molecule has 2 unspecified atom stereocenters. The number of anilines is 1. The first-order valence-corrected chi connectivity index (χ1v) is 7.26. The van der Waals surface area contributed by atoms with E-state index in [9.17, 15) is 4.79 Å². The Balaban J connectivity index is 1.74. The number of hydrogen-bond donors (Lipinski definition) is 2. The Labute approximate surface area is 113 Å². The third-order valence-electron chi connectivity index (χ3n) is 4.77. The molecule has 5 nitrogen and oxygen atoms in total. The molecule has 0 spiro atoms. The van der Waals surface area contributed by atoms with E-state index in [0.29, 0.717) is 17.3 Å². The maximum Gasteiger partial charge on any atom is 0.259 e. The van der Waals surface area contributed by atoms with Gasteiger partial charge in [-0.2, -0.15) is 5.10 Å². The fourth-order valence-corrected chi connectivity index (χ4v) is 3.66. The molecule has 2 aliphatic rings. The summed E-state index contributed by atoms with van der Waals surface area (Å²) in [4.78, 5) is 14.5. The summed E-state index contributed by atoms with van der Waals surface area (Å²) in [7, 11) is 0. The van der Waals surface area contributed by atoms with Crippen LogP contribution in [0.5, 0.6) is 0 Å². The van der Waals surface area contributed by atoms with Crippen LogP contribution in [-0.4, -0.2) is 34.1 Å². The molecule has 1 amide bonds. The van der Waals surface area contributed by atoms with Gasteiger partial charge in [0.1, 0.15) is 5.56 Å². The molecule has 1 aliphatic carbocycles. The molecular formula is C14H22N4O. The number of likely N-dealkylation sites (tertiary alicyclic amines) is 1. The lowest BCUT2D eigenvalue weighted by molar-refractivity contribution is 0.0521. The number of nitrogens with one attached hydrogen (secondary N) is 1. The van der Waals surface area contributed by atoms with Crippen LogP contribution < -0.4 is 5.73 Å². The Bertz CT molecular complexity index is 462. The number of piperidine rings is 1. The molecule has 0 radical (unpaired) electrons. The monoisotopic (exact) mass is 262 g/mol. The molecule has 2 fully saturated rings. The van der Waals surface area contributed by atoms with Crippen molar-refractivity contribution in [2.45, 2.75) is 39.0 Å². The molecule has 1 aliphatic heterocycles. The van der Waals surface area contributed by atoms with Gasteiger partial charge in [-0.3, -0.25) is 9.89 Å². The van der Waals surface area contributed by atoms with Crippen molar-refractivity contribution in [3.05, 3.63) is 11.3 Å². The first-order chi connectivity index (χ1) is 9.16. The van der Waals surface area contributed by atoms with Crippen LogP contribution in [0.1, 0.15) is 48.2 Å². The minimum Gasteiger partial charge on any atom is -0.382 e. The van der Waals surface area contributed by atoms with Gasteiger partial charge in [0.2, 0.25) is 0 Å². The van der Waals surface area contributed by atoms with E-state index in [1.165, 1.54) is 25.7 Å². The number of H-pyrrole nitrogens is 1. The quantitative estimate of drug-likeness (QED) is 0.812. The highest BCUT2D eigenvalue weighted by Gasteiger charge is 2.34. The number of nitrogen functional groups attached to an aromatic ring is 1. The van der Waals surface area contributed by atoms with Gasteiger partial charge in [0, 0.05) is 18.8 Å². The average molecular weight is 262 g/mol. The zero-order valence-corrected chi connectivity index (χ0v) is 11.5.